The number of carbonyl (C=O) groups excluding carboxylic acids is 2. The van der Waals surface area contributed by atoms with E-state index in [2.05, 4.69) is 5.32 Å². The molecule has 0 bridgehead atoms. The molecule has 2 heterocycles. The van der Waals surface area contributed by atoms with Gasteiger partial charge in [-0.2, -0.15) is 4.31 Å². The Morgan fingerprint density at radius 1 is 0.875 bits per heavy atom. The zero-order valence-electron chi connectivity index (χ0n) is 21.8. The standard InChI is InChI=1S/C29H28N4O5S2/c1-2-38-29(35)32-17-19-33(20-18-32)40(36,37)24-15-13-23(14-16-24)27(34)31-28-30-25(21-9-5-3-6-10-21)26(39-28)22-11-7-4-8-12-22/h3-16H,2,17-20H2,1H3,(H,30,31,34). The molecule has 0 saturated carbocycles. The predicted octanol–water partition coefficient (Wildman–Crippen LogP) is 5.19. The molecular formula is C29H28N4O5S2. The van der Waals surface area contributed by atoms with Crippen LogP contribution in [-0.4, -0.2) is 67.4 Å². The Bertz CT molecular complexity index is 1530. The van der Waals surface area contributed by atoms with Crippen molar-refractivity contribution in [2.75, 3.05) is 38.1 Å². The Hall–Kier alpha value is -4.06. The first-order valence-electron chi connectivity index (χ1n) is 12.8. The molecule has 0 spiro atoms. The van der Waals surface area contributed by atoms with Crippen molar-refractivity contribution in [2.24, 2.45) is 0 Å². The second kappa shape index (κ2) is 12.0. The number of benzene rings is 3. The summed E-state index contributed by atoms with van der Waals surface area (Å²) >= 11 is 1.38. The third-order valence-electron chi connectivity index (χ3n) is 6.45. The molecule has 3 aromatic carbocycles. The van der Waals surface area contributed by atoms with Crippen LogP contribution in [0.2, 0.25) is 0 Å². The molecule has 5 rings (SSSR count). The molecule has 40 heavy (non-hydrogen) atoms. The molecule has 0 atom stereocenters. The van der Waals surface area contributed by atoms with Crippen LogP contribution in [0.1, 0.15) is 17.3 Å². The summed E-state index contributed by atoms with van der Waals surface area (Å²) in [6, 6.07) is 25.5. The van der Waals surface area contributed by atoms with Gasteiger partial charge in [0.2, 0.25) is 10.0 Å². The number of rotatable bonds is 7. The van der Waals surface area contributed by atoms with Gasteiger partial charge >= 0.3 is 6.09 Å². The number of hydrogen-bond acceptors (Lipinski definition) is 7. The fourth-order valence-corrected chi connectivity index (χ4v) is 6.78. The van der Waals surface area contributed by atoms with E-state index < -0.39 is 16.1 Å². The van der Waals surface area contributed by atoms with E-state index in [1.54, 1.807) is 6.92 Å². The molecule has 9 nitrogen and oxygen atoms in total. The van der Waals surface area contributed by atoms with Crippen LogP contribution in [0.4, 0.5) is 9.93 Å². The summed E-state index contributed by atoms with van der Waals surface area (Å²) in [5, 5.41) is 3.31. The second-order valence-electron chi connectivity index (χ2n) is 9.00. The predicted molar refractivity (Wildman–Crippen MR) is 155 cm³/mol. The first kappa shape index (κ1) is 27.5. The van der Waals surface area contributed by atoms with Crippen molar-refractivity contribution < 1.29 is 22.7 Å². The largest absolute Gasteiger partial charge is 0.450 e. The van der Waals surface area contributed by atoms with E-state index in [0.717, 1.165) is 21.7 Å². The fraction of sp³-hybridized carbons (Fsp3) is 0.207. The molecule has 1 aliphatic heterocycles. The van der Waals surface area contributed by atoms with Crippen LogP contribution < -0.4 is 5.32 Å². The maximum absolute atomic E-state index is 13.2. The molecule has 0 unspecified atom stereocenters. The smallest absolute Gasteiger partial charge is 0.409 e. The SMILES string of the molecule is CCOC(=O)N1CCN(S(=O)(=O)c2ccc(C(=O)Nc3nc(-c4ccccc4)c(-c4ccccc4)s3)cc2)CC1. The summed E-state index contributed by atoms with van der Waals surface area (Å²) in [6.07, 6.45) is -0.443. The number of nitrogens with zero attached hydrogens (tertiary/aromatic N) is 3. The number of carbonyl (C=O) groups is 2. The van der Waals surface area contributed by atoms with E-state index in [0.29, 0.717) is 10.7 Å². The van der Waals surface area contributed by atoms with Crippen LogP contribution in [0.3, 0.4) is 0 Å². The number of aromatic nitrogens is 1. The highest BCUT2D eigenvalue weighted by Crippen LogP contribution is 2.39. The molecule has 1 saturated heterocycles. The van der Waals surface area contributed by atoms with Crippen LogP contribution in [0.25, 0.3) is 21.7 Å². The van der Waals surface area contributed by atoms with Gasteiger partial charge < -0.3 is 9.64 Å². The molecule has 2 amide bonds. The van der Waals surface area contributed by atoms with Gasteiger partial charge in [-0.1, -0.05) is 72.0 Å². The topological polar surface area (TPSA) is 109 Å². The highest BCUT2D eigenvalue weighted by molar-refractivity contribution is 7.89. The first-order valence-corrected chi connectivity index (χ1v) is 15.1. The molecular weight excluding hydrogens is 548 g/mol. The molecule has 206 valence electrons. The number of hydrogen-bond donors (Lipinski definition) is 1. The molecule has 1 fully saturated rings. The summed E-state index contributed by atoms with van der Waals surface area (Å²) in [5.41, 5.74) is 3.02. The number of piperazine rings is 1. The number of nitrogens with one attached hydrogen (secondary N) is 1. The van der Waals surface area contributed by atoms with Gasteiger partial charge in [-0.25, -0.2) is 18.2 Å². The molecule has 1 aliphatic rings. The minimum Gasteiger partial charge on any atom is -0.450 e. The number of amides is 2. The Morgan fingerprint density at radius 3 is 2.08 bits per heavy atom. The van der Waals surface area contributed by atoms with Gasteiger partial charge in [-0.05, 0) is 36.8 Å². The van der Waals surface area contributed by atoms with Crippen molar-refractivity contribution in [1.82, 2.24) is 14.2 Å². The fourth-order valence-electron chi connectivity index (χ4n) is 4.37. The average molecular weight is 577 g/mol. The number of sulfonamides is 1. The van der Waals surface area contributed by atoms with Crippen molar-refractivity contribution in [3.8, 4) is 21.7 Å². The van der Waals surface area contributed by atoms with Crippen molar-refractivity contribution in [2.45, 2.75) is 11.8 Å². The van der Waals surface area contributed by atoms with Crippen molar-refractivity contribution in [1.29, 1.82) is 0 Å². The molecule has 0 aliphatic carbocycles. The molecule has 4 aromatic rings. The van der Waals surface area contributed by atoms with Crippen molar-refractivity contribution >= 4 is 38.5 Å². The normalized spacial score (nSPS) is 14.1. The maximum atomic E-state index is 13.2. The van der Waals surface area contributed by atoms with Gasteiger partial charge in [-0.15, -0.1) is 0 Å². The number of ether oxygens (including phenoxy) is 1. The van der Waals surface area contributed by atoms with E-state index in [1.807, 2.05) is 60.7 Å². The first-order chi connectivity index (χ1) is 19.4. The van der Waals surface area contributed by atoms with E-state index in [-0.39, 0.29) is 43.6 Å². The lowest BCUT2D eigenvalue weighted by molar-refractivity contribution is 0.0933. The lowest BCUT2D eigenvalue weighted by Crippen LogP contribution is -2.50. The monoisotopic (exact) mass is 576 g/mol. The van der Waals surface area contributed by atoms with Gasteiger partial charge in [0.25, 0.3) is 5.91 Å². The zero-order chi connectivity index (χ0) is 28.1. The Morgan fingerprint density at radius 2 is 1.48 bits per heavy atom. The molecule has 0 radical (unpaired) electrons. The van der Waals surface area contributed by atoms with E-state index in [4.69, 9.17) is 9.72 Å². The second-order valence-corrected chi connectivity index (χ2v) is 11.9. The van der Waals surface area contributed by atoms with Crippen LogP contribution in [0.5, 0.6) is 0 Å². The van der Waals surface area contributed by atoms with Crippen molar-refractivity contribution in [3.05, 3.63) is 90.5 Å². The summed E-state index contributed by atoms with van der Waals surface area (Å²) in [5.74, 6) is -0.389. The van der Waals surface area contributed by atoms with Crippen LogP contribution in [0.15, 0.2) is 89.8 Å². The lowest BCUT2D eigenvalue weighted by Gasteiger charge is -2.33. The molecule has 11 heteroatoms. The highest BCUT2D eigenvalue weighted by atomic mass is 32.2. The van der Waals surface area contributed by atoms with Crippen LogP contribution in [-0.2, 0) is 14.8 Å². The van der Waals surface area contributed by atoms with Gasteiger partial charge in [0.15, 0.2) is 5.13 Å². The Kier molecular flexibility index (Phi) is 8.24. The van der Waals surface area contributed by atoms with E-state index >= 15 is 0 Å². The lowest BCUT2D eigenvalue weighted by atomic mass is 10.1. The quantitative estimate of drug-likeness (QED) is 0.324. The van der Waals surface area contributed by atoms with Gasteiger partial charge in [0.1, 0.15) is 0 Å². The summed E-state index contributed by atoms with van der Waals surface area (Å²) in [4.78, 5) is 32.2. The Labute approximate surface area is 237 Å². The van der Waals surface area contributed by atoms with E-state index in [9.17, 15) is 18.0 Å². The van der Waals surface area contributed by atoms with Gasteiger partial charge in [0.05, 0.1) is 22.1 Å². The Balaban J connectivity index is 1.30. The van der Waals surface area contributed by atoms with E-state index in [1.165, 1.54) is 44.8 Å². The molecule has 1 aromatic heterocycles. The van der Waals surface area contributed by atoms with Crippen LogP contribution in [0, 0.1) is 0 Å². The average Bonchev–Trinajstić information content (AvgIpc) is 3.42. The highest BCUT2D eigenvalue weighted by Gasteiger charge is 2.30. The summed E-state index contributed by atoms with van der Waals surface area (Å²) in [6.45, 7) is 2.83. The number of thiazole rings is 1. The zero-order valence-corrected chi connectivity index (χ0v) is 23.5. The number of anilines is 1. The van der Waals surface area contributed by atoms with Gasteiger partial charge in [-0.3, -0.25) is 10.1 Å². The molecule has 1 N–H and O–H groups in total. The van der Waals surface area contributed by atoms with Crippen molar-refractivity contribution in [3.63, 3.8) is 0 Å². The summed E-state index contributed by atoms with van der Waals surface area (Å²) in [7, 11) is -3.78. The maximum Gasteiger partial charge on any atom is 0.409 e. The van der Waals surface area contributed by atoms with Gasteiger partial charge in [0, 0.05) is 37.3 Å². The summed E-state index contributed by atoms with van der Waals surface area (Å²) < 4.78 is 32.6. The van der Waals surface area contributed by atoms with Crippen LogP contribution >= 0.6 is 11.3 Å². The minimum absolute atomic E-state index is 0.0839. The minimum atomic E-state index is -3.78. The third-order valence-corrected chi connectivity index (χ3v) is 9.38. The third kappa shape index (κ3) is 5.91.